The maximum absolute atomic E-state index is 10.1. The Labute approximate surface area is 78.0 Å². The number of pyridine rings is 1. The van der Waals surface area contributed by atoms with E-state index in [0.717, 1.165) is 23.4 Å². The summed E-state index contributed by atoms with van der Waals surface area (Å²) in [5.41, 5.74) is 0. The molecular formula is C8H10NOPS. The lowest BCUT2D eigenvalue weighted by Gasteiger charge is -1.96. The van der Waals surface area contributed by atoms with Gasteiger partial charge in [-0.2, -0.15) is 0 Å². The van der Waals surface area contributed by atoms with E-state index in [2.05, 4.69) is 4.98 Å². The van der Waals surface area contributed by atoms with E-state index in [1.807, 2.05) is 18.2 Å². The lowest BCUT2D eigenvalue weighted by molar-refractivity contribution is 0.598. The normalized spacial score (nSPS) is 10.3. The Morgan fingerprint density at radius 3 is 3.08 bits per heavy atom. The third-order valence-corrected chi connectivity index (χ3v) is 2.81. The van der Waals surface area contributed by atoms with Gasteiger partial charge < -0.3 is 0 Å². The lowest BCUT2D eigenvalue weighted by Crippen LogP contribution is -1.82. The minimum absolute atomic E-state index is 0.247. The van der Waals surface area contributed by atoms with Gasteiger partial charge in [0.05, 0.1) is 5.03 Å². The van der Waals surface area contributed by atoms with Gasteiger partial charge in [0.25, 0.3) is 0 Å². The molecule has 0 aliphatic carbocycles. The van der Waals surface area contributed by atoms with Crippen LogP contribution in [0, 0.1) is 0 Å². The highest BCUT2D eigenvalue weighted by molar-refractivity contribution is 7.99. The first kappa shape index (κ1) is 9.69. The van der Waals surface area contributed by atoms with Gasteiger partial charge >= 0.3 is 0 Å². The van der Waals surface area contributed by atoms with E-state index in [-0.39, 0.29) is 8.46 Å². The van der Waals surface area contributed by atoms with Crippen molar-refractivity contribution in [2.24, 2.45) is 0 Å². The molecule has 0 aliphatic heterocycles. The summed E-state index contributed by atoms with van der Waals surface area (Å²) in [7, 11) is 0.247. The third-order valence-electron chi connectivity index (χ3n) is 1.28. The van der Waals surface area contributed by atoms with Gasteiger partial charge in [-0.3, -0.25) is 4.57 Å². The second-order valence-electron chi connectivity index (χ2n) is 2.22. The van der Waals surface area contributed by atoms with Crippen LogP contribution in [0.1, 0.15) is 6.42 Å². The molecule has 1 aromatic heterocycles. The van der Waals surface area contributed by atoms with E-state index in [9.17, 15) is 4.57 Å². The highest BCUT2D eigenvalue weighted by Gasteiger charge is 1.92. The van der Waals surface area contributed by atoms with Crippen LogP contribution in [-0.4, -0.2) is 16.9 Å². The van der Waals surface area contributed by atoms with Crippen LogP contribution < -0.4 is 0 Å². The molecule has 1 rings (SSSR count). The average molecular weight is 199 g/mol. The van der Waals surface area contributed by atoms with Crippen molar-refractivity contribution >= 4 is 20.2 Å². The van der Waals surface area contributed by atoms with Crippen molar-refractivity contribution < 1.29 is 4.57 Å². The van der Waals surface area contributed by atoms with Gasteiger partial charge in [-0.25, -0.2) is 4.98 Å². The highest BCUT2D eigenvalue weighted by Crippen LogP contribution is 2.15. The summed E-state index contributed by atoms with van der Waals surface area (Å²) in [4.78, 5) is 4.16. The molecule has 64 valence electrons. The molecule has 2 nitrogen and oxygen atoms in total. The quantitative estimate of drug-likeness (QED) is 0.415. The number of hydrogen-bond acceptors (Lipinski definition) is 3. The molecule has 0 aromatic carbocycles. The molecule has 0 saturated heterocycles. The lowest BCUT2D eigenvalue weighted by atomic mass is 10.5. The summed E-state index contributed by atoms with van der Waals surface area (Å²) in [5.74, 6) is 0.992. The first-order valence-corrected chi connectivity index (χ1v) is 5.75. The summed E-state index contributed by atoms with van der Waals surface area (Å²) >= 11 is 1.71. The Balaban J connectivity index is 2.20. The fourth-order valence-electron chi connectivity index (χ4n) is 0.738. The van der Waals surface area contributed by atoms with E-state index in [0.29, 0.717) is 0 Å². The molecule has 0 amide bonds. The van der Waals surface area contributed by atoms with Crippen LogP contribution in [0.3, 0.4) is 0 Å². The molecule has 0 saturated carbocycles. The monoisotopic (exact) mass is 199 g/mol. The van der Waals surface area contributed by atoms with Crippen molar-refractivity contribution in [3.05, 3.63) is 24.4 Å². The zero-order valence-corrected chi connectivity index (χ0v) is 8.35. The molecule has 0 N–H and O–H groups in total. The van der Waals surface area contributed by atoms with Crippen LogP contribution in [0.15, 0.2) is 29.4 Å². The second-order valence-corrected chi connectivity index (χ2v) is 4.04. The Bertz CT molecular complexity index is 230. The fourth-order valence-corrected chi connectivity index (χ4v) is 2.05. The molecule has 0 atom stereocenters. The van der Waals surface area contributed by atoms with E-state index in [4.69, 9.17) is 0 Å². The van der Waals surface area contributed by atoms with E-state index >= 15 is 0 Å². The Morgan fingerprint density at radius 1 is 1.50 bits per heavy atom. The van der Waals surface area contributed by atoms with Crippen LogP contribution >= 0.6 is 20.2 Å². The van der Waals surface area contributed by atoms with Gasteiger partial charge in [-0.05, 0) is 18.6 Å². The van der Waals surface area contributed by atoms with Gasteiger partial charge in [-0.1, -0.05) is 6.07 Å². The molecule has 1 aromatic rings. The van der Waals surface area contributed by atoms with Gasteiger partial charge in [0.2, 0.25) is 0 Å². The van der Waals surface area contributed by atoms with Crippen LogP contribution in [-0.2, 0) is 4.57 Å². The van der Waals surface area contributed by atoms with Crippen molar-refractivity contribution in [3.63, 3.8) is 0 Å². The van der Waals surface area contributed by atoms with E-state index in [1.165, 1.54) is 0 Å². The SMILES string of the molecule is O=PCCCSc1ccccn1. The van der Waals surface area contributed by atoms with Gasteiger partial charge in [-0.15, -0.1) is 11.8 Å². The zero-order valence-electron chi connectivity index (χ0n) is 6.64. The summed E-state index contributed by atoms with van der Waals surface area (Å²) in [6.07, 6.45) is 3.51. The number of aromatic nitrogens is 1. The predicted octanol–water partition coefficient (Wildman–Crippen LogP) is 2.86. The fraction of sp³-hybridized carbons (Fsp3) is 0.375. The number of nitrogens with zero attached hydrogens (tertiary/aromatic N) is 1. The van der Waals surface area contributed by atoms with Gasteiger partial charge in [0, 0.05) is 18.1 Å². The number of rotatable bonds is 5. The van der Waals surface area contributed by atoms with Crippen molar-refractivity contribution in [2.75, 3.05) is 11.9 Å². The molecule has 1 heterocycles. The Kier molecular flexibility index (Phi) is 4.97. The van der Waals surface area contributed by atoms with Crippen molar-refractivity contribution in [3.8, 4) is 0 Å². The van der Waals surface area contributed by atoms with Crippen LogP contribution in [0.25, 0.3) is 0 Å². The molecule has 0 bridgehead atoms. The third kappa shape index (κ3) is 3.84. The van der Waals surface area contributed by atoms with Crippen molar-refractivity contribution in [1.82, 2.24) is 4.98 Å². The smallest absolute Gasteiger partial charge is 0.155 e. The molecule has 0 fully saturated rings. The maximum Gasteiger partial charge on any atom is 0.155 e. The van der Waals surface area contributed by atoms with Gasteiger partial charge in [0.15, 0.2) is 8.46 Å². The Hall–Kier alpha value is -0.400. The van der Waals surface area contributed by atoms with Crippen LogP contribution in [0.5, 0.6) is 0 Å². The first-order chi connectivity index (χ1) is 5.93. The molecule has 0 aliphatic rings. The standard InChI is InChI=1S/C8H10NOPS/c10-11-6-3-7-12-8-4-1-2-5-9-8/h1-2,4-5H,3,6-7H2. The second kappa shape index (κ2) is 6.15. The minimum atomic E-state index is 0.247. The largest absolute Gasteiger partial charge is 0.275 e. The molecular weight excluding hydrogens is 189 g/mol. The summed E-state index contributed by atoms with van der Waals surface area (Å²) in [5, 5.41) is 1.04. The number of hydrogen-bond donors (Lipinski definition) is 0. The molecule has 0 spiro atoms. The van der Waals surface area contributed by atoms with E-state index in [1.54, 1.807) is 18.0 Å². The topological polar surface area (TPSA) is 30.0 Å². The van der Waals surface area contributed by atoms with Crippen molar-refractivity contribution in [1.29, 1.82) is 0 Å². The van der Waals surface area contributed by atoms with E-state index < -0.39 is 0 Å². The van der Waals surface area contributed by atoms with Crippen LogP contribution in [0.2, 0.25) is 0 Å². The Morgan fingerprint density at radius 2 is 2.42 bits per heavy atom. The number of thioether (sulfide) groups is 1. The first-order valence-electron chi connectivity index (χ1n) is 3.76. The summed E-state index contributed by atoms with van der Waals surface area (Å²) < 4.78 is 10.1. The zero-order chi connectivity index (χ0) is 8.65. The average Bonchev–Trinajstić information content (AvgIpc) is 2.14. The van der Waals surface area contributed by atoms with Crippen molar-refractivity contribution in [2.45, 2.75) is 11.4 Å². The summed E-state index contributed by atoms with van der Waals surface area (Å²) in [6.45, 7) is 0. The minimum Gasteiger partial charge on any atom is -0.275 e. The molecule has 12 heavy (non-hydrogen) atoms. The summed E-state index contributed by atoms with van der Waals surface area (Å²) in [6, 6.07) is 5.86. The molecule has 0 unspecified atom stereocenters. The molecule has 4 heteroatoms. The maximum atomic E-state index is 10.1. The van der Waals surface area contributed by atoms with Crippen LogP contribution in [0.4, 0.5) is 0 Å². The van der Waals surface area contributed by atoms with Gasteiger partial charge in [0.1, 0.15) is 0 Å². The highest BCUT2D eigenvalue weighted by atomic mass is 32.2. The molecule has 0 radical (unpaired) electrons. The predicted molar refractivity (Wildman–Crippen MR) is 52.1 cm³/mol.